The van der Waals surface area contributed by atoms with Gasteiger partial charge in [0.2, 0.25) is 0 Å². The molecule has 0 rings (SSSR count). The molecule has 0 spiro atoms. The summed E-state index contributed by atoms with van der Waals surface area (Å²) < 4.78 is 0. The summed E-state index contributed by atoms with van der Waals surface area (Å²) in [5.41, 5.74) is 4.98. The van der Waals surface area contributed by atoms with Gasteiger partial charge in [-0.15, -0.1) is 0 Å². The van der Waals surface area contributed by atoms with Gasteiger partial charge in [-0.1, -0.05) is 0 Å². The number of aliphatic hydroxyl groups excluding tert-OH is 3. The quantitative estimate of drug-likeness (QED) is 0.471. The molecule has 0 aromatic heterocycles. The fourth-order valence-electron chi connectivity index (χ4n) is 0.291. The van der Waals surface area contributed by atoms with Crippen LogP contribution in [0.5, 0.6) is 0 Å². The number of hydrogen-bond donors (Lipinski definition) is 4. The maximum Gasteiger partial charge on any atom is 0.0558 e. The molecule has 0 heterocycles. The summed E-state index contributed by atoms with van der Waals surface area (Å²) in [4.78, 5) is 1.93. The molecule has 0 fully saturated rings. The highest BCUT2D eigenvalue weighted by Gasteiger charge is 1.80. The minimum atomic E-state index is 0.219. The third-order valence-electron chi connectivity index (χ3n) is 0.909. The number of aliphatic hydroxyl groups is 3. The van der Waals surface area contributed by atoms with Crippen molar-refractivity contribution < 1.29 is 15.3 Å². The highest BCUT2D eigenvalue weighted by Crippen LogP contribution is 1.66. The van der Waals surface area contributed by atoms with Gasteiger partial charge < -0.3 is 26.0 Å². The van der Waals surface area contributed by atoms with Crippen LogP contribution in [0.2, 0.25) is 0 Å². The van der Waals surface area contributed by atoms with E-state index in [2.05, 4.69) is 0 Å². The van der Waals surface area contributed by atoms with Gasteiger partial charge in [-0.3, -0.25) is 0 Å². The van der Waals surface area contributed by atoms with Crippen molar-refractivity contribution in [3.63, 3.8) is 0 Å². The van der Waals surface area contributed by atoms with Crippen molar-refractivity contribution in [3.8, 4) is 0 Å². The molecule has 0 bridgehead atoms. The fraction of sp³-hybridized carbons (Fsp3) is 1.00. The molecule has 5 nitrogen and oxygen atoms in total. The molecule has 0 aromatic rings. The summed E-state index contributed by atoms with van der Waals surface area (Å²) in [6, 6.07) is 0. The van der Waals surface area contributed by atoms with E-state index in [1.165, 1.54) is 0 Å². The van der Waals surface area contributed by atoms with Gasteiger partial charge in [-0.2, -0.15) is 0 Å². The average Bonchev–Trinajstić information content (AvgIpc) is 2.07. The lowest BCUT2D eigenvalue weighted by molar-refractivity contribution is 0.243. The monoisotopic (exact) mass is 210 g/mol. The molecule has 5 N–H and O–H groups in total. The van der Waals surface area contributed by atoms with Gasteiger partial charge in [-0.05, 0) is 34.0 Å². The molecule has 0 aliphatic carbocycles. The first-order chi connectivity index (χ1) is 6.60. The molecule has 0 atom stereocenters. The van der Waals surface area contributed by atoms with Crippen molar-refractivity contribution in [1.82, 2.24) is 4.90 Å². The Kier molecular flexibility index (Phi) is 31.9. The van der Waals surface area contributed by atoms with Gasteiger partial charge in [0.05, 0.1) is 6.61 Å². The second-order valence-corrected chi connectivity index (χ2v) is 2.71. The van der Waals surface area contributed by atoms with Gasteiger partial charge in [0.25, 0.3) is 0 Å². The molecule has 0 radical (unpaired) electrons. The van der Waals surface area contributed by atoms with E-state index in [4.69, 9.17) is 21.1 Å². The summed E-state index contributed by atoms with van der Waals surface area (Å²) >= 11 is 0. The van der Waals surface area contributed by atoms with Crippen LogP contribution in [-0.2, 0) is 0 Å². The second-order valence-electron chi connectivity index (χ2n) is 2.71. The van der Waals surface area contributed by atoms with Crippen LogP contribution in [-0.4, -0.2) is 67.2 Å². The zero-order valence-corrected chi connectivity index (χ0v) is 9.61. The fourth-order valence-corrected chi connectivity index (χ4v) is 0.291. The lowest BCUT2D eigenvalue weighted by Gasteiger charge is -2.03. The van der Waals surface area contributed by atoms with Crippen LogP contribution in [0.25, 0.3) is 0 Å². The summed E-state index contributed by atoms with van der Waals surface area (Å²) in [5.74, 6) is 0. The molecule has 14 heavy (non-hydrogen) atoms. The second kappa shape index (κ2) is 23.0. The Morgan fingerprint density at radius 2 is 1.50 bits per heavy atom. The van der Waals surface area contributed by atoms with Gasteiger partial charge in [0.1, 0.15) is 0 Å². The Hall–Kier alpha value is -0.200. The maximum atomic E-state index is 8.20. The molecule has 0 unspecified atom stereocenters. The molecule has 5 heteroatoms. The first-order valence-corrected chi connectivity index (χ1v) is 4.77. The lowest BCUT2D eigenvalue weighted by Crippen LogP contribution is -2.15. The Morgan fingerprint density at radius 3 is 1.50 bits per heavy atom. The minimum absolute atomic E-state index is 0.219. The first kappa shape index (κ1) is 19.4. The normalized spacial score (nSPS) is 8.57. The van der Waals surface area contributed by atoms with E-state index in [0.29, 0.717) is 6.54 Å². The Balaban J connectivity index is -0.000000138. The number of rotatable bonds is 4. The summed E-state index contributed by atoms with van der Waals surface area (Å²) in [5, 5.41) is 23.8. The SMILES string of the molecule is CCO.CN(C)CCO.NCCCO. The highest BCUT2D eigenvalue weighted by atomic mass is 16.3. The summed E-state index contributed by atoms with van der Waals surface area (Å²) in [7, 11) is 3.85. The average molecular weight is 210 g/mol. The number of hydrogen-bond acceptors (Lipinski definition) is 5. The predicted molar refractivity (Wildman–Crippen MR) is 59.2 cm³/mol. The van der Waals surface area contributed by atoms with Crippen molar-refractivity contribution in [3.05, 3.63) is 0 Å². The van der Waals surface area contributed by atoms with E-state index in [0.717, 1.165) is 13.0 Å². The van der Waals surface area contributed by atoms with Crippen LogP contribution in [0.4, 0.5) is 0 Å². The van der Waals surface area contributed by atoms with Gasteiger partial charge in [-0.25, -0.2) is 0 Å². The molecular formula is C9H26N2O3. The van der Waals surface area contributed by atoms with Crippen molar-refractivity contribution in [2.75, 3.05) is 47.0 Å². The Morgan fingerprint density at radius 1 is 1.07 bits per heavy atom. The molecule has 0 saturated carbocycles. The first-order valence-electron chi connectivity index (χ1n) is 4.77. The molecule has 0 aromatic carbocycles. The molecule has 0 saturated heterocycles. The smallest absolute Gasteiger partial charge is 0.0558 e. The zero-order chi connectivity index (χ0) is 11.8. The molecule has 0 aliphatic heterocycles. The van der Waals surface area contributed by atoms with Gasteiger partial charge >= 0.3 is 0 Å². The van der Waals surface area contributed by atoms with E-state index < -0.39 is 0 Å². The lowest BCUT2D eigenvalue weighted by atomic mass is 10.5. The van der Waals surface area contributed by atoms with Crippen molar-refractivity contribution in [1.29, 1.82) is 0 Å². The van der Waals surface area contributed by atoms with E-state index >= 15 is 0 Å². The van der Waals surface area contributed by atoms with E-state index in [1.54, 1.807) is 6.92 Å². The Labute approximate surface area is 87.2 Å². The van der Waals surface area contributed by atoms with Crippen molar-refractivity contribution in [2.24, 2.45) is 5.73 Å². The molecule has 0 amide bonds. The third kappa shape index (κ3) is 59.7. The molecular weight excluding hydrogens is 184 g/mol. The predicted octanol–water partition coefficient (Wildman–Crippen LogP) is -1.13. The van der Waals surface area contributed by atoms with Gasteiger partial charge in [0.15, 0.2) is 0 Å². The Bertz CT molecular complexity index is 71.1. The third-order valence-corrected chi connectivity index (χ3v) is 0.909. The summed E-state index contributed by atoms with van der Waals surface area (Å²) in [6.45, 7) is 3.76. The van der Waals surface area contributed by atoms with E-state index in [-0.39, 0.29) is 19.8 Å². The number of nitrogens with zero attached hydrogens (tertiary/aromatic N) is 1. The van der Waals surface area contributed by atoms with E-state index in [9.17, 15) is 0 Å². The van der Waals surface area contributed by atoms with Crippen molar-refractivity contribution in [2.45, 2.75) is 13.3 Å². The van der Waals surface area contributed by atoms with Gasteiger partial charge in [0, 0.05) is 19.8 Å². The standard InChI is InChI=1S/C4H11NO.C3H9NO.C2H6O/c1-5(2)3-4-6;4-2-1-3-5;1-2-3/h6H,3-4H2,1-2H3;5H,1-4H2;3H,2H2,1H3. The van der Waals surface area contributed by atoms with Crippen LogP contribution in [0.15, 0.2) is 0 Å². The molecule has 0 aliphatic rings. The van der Waals surface area contributed by atoms with Crippen molar-refractivity contribution >= 4 is 0 Å². The molecule has 90 valence electrons. The zero-order valence-electron chi connectivity index (χ0n) is 9.61. The summed E-state index contributed by atoms with van der Waals surface area (Å²) in [6.07, 6.45) is 0.722. The van der Waals surface area contributed by atoms with Crippen LogP contribution < -0.4 is 5.73 Å². The number of nitrogens with two attached hydrogens (primary N) is 1. The highest BCUT2D eigenvalue weighted by molar-refractivity contribution is 4.34. The van der Waals surface area contributed by atoms with Crippen LogP contribution in [0.3, 0.4) is 0 Å². The minimum Gasteiger partial charge on any atom is -0.397 e. The van der Waals surface area contributed by atoms with E-state index in [1.807, 2.05) is 19.0 Å². The topological polar surface area (TPSA) is 90.0 Å². The van der Waals surface area contributed by atoms with Crippen LogP contribution in [0, 0.1) is 0 Å². The van der Waals surface area contributed by atoms with Crippen LogP contribution in [0.1, 0.15) is 13.3 Å². The largest absolute Gasteiger partial charge is 0.397 e. The maximum absolute atomic E-state index is 8.20. The number of likely N-dealkylation sites (N-methyl/N-ethyl adjacent to an activating group) is 1. The van der Waals surface area contributed by atoms with Crippen LogP contribution >= 0.6 is 0 Å².